The first-order valence-electron chi connectivity index (χ1n) is 14.2. The number of nitrogens with two attached hydrogens (primary N) is 2. The highest BCUT2D eigenvalue weighted by Crippen LogP contribution is 2.25. The number of carbonyl (C=O) groups is 2. The van der Waals surface area contributed by atoms with Crippen LogP contribution in [0, 0.1) is 11.8 Å². The second-order valence-electron chi connectivity index (χ2n) is 10.4. The van der Waals surface area contributed by atoms with Gasteiger partial charge in [-0.1, -0.05) is 73.0 Å². The van der Waals surface area contributed by atoms with Crippen LogP contribution < -0.4 is 16.2 Å². The van der Waals surface area contributed by atoms with Crippen LogP contribution in [-0.4, -0.2) is 29.4 Å². The van der Waals surface area contributed by atoms with Crippen LogP contribution >= 0.6 is 0 Å². The lowest BCUT2D eigenvalue weighted by atomic mass is 9.96. The van der Waals surface area contributed by atoms with Crippen molar-refractivity contribution in [3.8, 4) is 17.6 Å². The lowest BCUT2D eigenvalue weighted by molar-refractivity contribution is -0.160. The molecule has 1 aliphatic rings. The van der Waals surface area contributed by atoms with E-state index in [-0.39, 0.29) is 6.42 Å². The van der Waals surface area contributed by atoms with Crippen molar-refractivity contribution in [2.24, 2.45) is 11.5 Å². The van der Waals surface area contributed by atoms with Gasteiger partial charge < -0.3 is 20.9 Å². The molecule has 0 bridgehead atoms. The summed E-state index contributed by atoms with van der Waals surface area (Å²) < 4.78 is 11.0. The summed E-state index contributed by atoms with van der Waals surface area (Å²) in [6, 6.07) is 23.8. The standard InChI is InChI=1S/C34H39N3O4/c1-2-7-28(20-33(38)41-34(39)32(36)10-5-6-19-35)27-15-17-31(18-16-27)40-24-26-13-11-25(12-14-26)21-37-22-29-8-3-4-9-30(29)23-37/h3-4,8-9,11-18,28,32H,5-6,10,19-24,35-36H2,1H3/t28-,32-/m0/s1. The molecule has 0 radical (unpaired) electrons. The summed E-state index contributed by atoms with van der Waals surface area (Å²) in [4.78, 5) is 27.0. The van der Waals surface area contributed by atoms with Crippen LogP contribution in [0.4, 0.5) is 0 Å². The van der Waals surface area contributed by atoms with Crippen LogP contribution in [0.3, 0.4) is 0 Å². The molecule has 0 spiro atoms. The molecule has 41 heavy (non-hydrogen) atoms. The molecule has 4 N–H and O–H groups in total. The molecule has 4 rings (SSSR count). The number of esters is 2. The van der Waals surface area contributed by atoms with Crippen molar-refractivity contribution in [2.75, 3.05) is 6.54 Å². The van der Waals surface area contributed by atoms with Gasteiger partial charge in [-0.2, -0.15) is 0 Å². The molecule has 3 aromatic rings. The second-order valence-corrected chi connectivity index (χ2v) is 10.4. The third-order valence-electron chi connectivity index (χ3n) is 7.20. The van der Waals surface area contributed by atoms with Crippen molar-refractivity contribution in [1.29, 1.82) is 0 Å². The number of unbranched alkanes of at least 4 members (excludes halogenated alkanes) is 1. The number of hydrogen-bond acceptors (Lipinski definition) is 7. The Morgan fingerprint density at radius 2 is 1.59 bits per heavy atom. The Hall–Kier alpha value is -3.96. The topological polar surface area (TPSA) is 108 Å². The third-order valence-corrected chi connectivity index (χ3v) is 7.20. The Kier molecular flexibility index (Phi) is 11.1. The molecule has 214 valence electrons. The summed E-state index contributed by atoms with van der Waals surface area (Å²) in [7, 11) is 0. The van der Waals surface area contributed by atoms with E-state index in [1.54, 1.807) is 6.92 Å². The molecule has 0 aromatic heterocycles. The Morgan fingerprint density at radius 3 is 2.22 bits per heavy atom. The lowest BCUT2D eigenvalue weighted by Gasteiger charge is -2.15. The lowest BCUT2D eigenvalue weighted by Crippen LogP contribution is -2.34. The van der Waals surface area contributed by atoms with Gasteiger partial charge in [-0.05, 0) is 66.3 Å². The molecule has 3 aromatic carbocycles. The van der Waals surface area contributed by atoms with E-state index in [2.05, 4.69) is 65.3 Å². The molecule has 1 heterocycles. The van der Waals surface area contributed by atoms with E-state index in [1.807, 2.05) is 24.3 Å². The first kappa shape index (κ1) is 30.0. The number of hydrogen-bond donors (Lipinski definition) is 2. The highest BCUT2D eigenvalue weighted by molar-refractivity contribution is 5.88. The van der Waals surface area contributed by atoms with Gasteiger partial charge >= 0.3 is 11.9 Å². The Labute approximate surface area is 242 Å². The van der Waals surface area contributed by atoms with Crippen molar-refractivity contribution >= 4 is 11.9 Å². The minimum Gasteiger partial charge on any atom is -0.489 e. The third kappa shape index (κ3) is 9.02. The average Bonchev–Trinajstić information content (AvgIpc) is 3.39. The number of rotatable bonds is 13. The fourth-order valence-corrected chi connectivity index (χ4v) is 4.93. The van der Waals surface area contributed by atoms with Gasteiger partial charge in [-0.3, -0.25) is 9.69 Å². The molecule has 2 atom stereocenters. The van der Waals surface area contributed by atoms with Crippen LogP contribution in [0.25, 0.3) is 0 Å². The van der Waals surface area contributed by atoms with E-state index < -0.39 is 23.9 Å². The molecule has 0 unspecified atom stereocenters. The average molecular weight is 554 g/mol. The van der Waals surface area contributed by atoms with Crippen molar-refractivity contribution in [3.05, 3.63) is 101 Å². The fraction of sp³-hybridized carbons (Fsp3) is 0.353. The van der Waals surface area contributed by atoms with Gasteiger partial charge in [0.1, 0.15) is 18.4 Å². The quantitative estimate of drug-likeness (QED) is 0.135. The summed E-state index contributed by atoms with van der Waals surface area (Å²) in [6.45, 7) is 5.60. The molecule has 0 amide bonds. The second kappa shape index (κ2) is 15.2. The molecule has 0 saturated heterocycles. The molecule has 7 heteroatoms. The van der Waals surface area contributed by atoms with Crippen LogP contribution in [0.1, 0.15) is 66.3 Å². The Morgan fingerprint density at radius 1 is 0.927 bits per heavy atom. The van der Waals surface area contributed by atoms with E-state index in [1.165, 1.54) is 16.7 Å². The maximum Gasteiger partial charge on any atom is 0.330 e. The predicted octanol–water partition coefficient (Wildman–Crippen LogP) is 4.80. The van der Waals surface area contributed by atoms with Crippen LogP contribution in [-0.2, 0) is 40.6 Å². The van der Waals surface area contributed by atoms with Gasteiger partial charge in [-0.25, -0.2) is 4.79 Å². The summed E-state index contributed by atoms with van der Waals surface area (Å²) in [5.74, 6) is 4.86. The van der Waals surface area contributed by atoms with Crippen LogP contribution in [0.2, 0.25) is 0 Å². The summed E-state index contributed by atoms with van der Waals surface area (Å²) in [5.41, 5.74) is 17.4. The van der Waals surface area contributed by atoms with Crippen LogP contribution in [0.5, 0.6) is 5.75 Å². The van der Waals surface area contributed by atoms with Gasteiger partial charge in [-0.15, -0.1) is 5.92 Å². The fourth-order valence-electron chi connectivity index (χ4n) is 4.93. The minimum absolute atomic E-state index is 0.0435. The van der Waals surface area contributed by atoms with Gasteiger partial charge in [0.15, 0.2) is 0 Å². The van der Waals surface area contributed by atoms with E-state index >= 15 is 0 Å². The van der Waals surface area contributed by atoms with Gasteiger partial charge in [0, 0.05) is 19.6 Å². The zero-order valence-electron chi connectivity index (χ0n) is 23.7. The summed E-state index contributed by atoms with van der Waals surface area (Å²) in [5, 5.41) is 0. The van der Waals surface area contributed by atoms with Crippen molar-refractivity contribution in [1.82, 2.24) is 4.90 Å². The number of ether oxygens (including phenoxy) is 2. The van der Waals surface area contributed by atoms with E-state index in [0.717, 1.165) is 42.9 Å². The zero-order valence-corrected chi connectivity index (χ0v) is 23.7. The summed E-state index contributed by atoms with van der Waals surface area (Å²) in [6.07, 6.45) is 1.86. The zero-order chi connectivity index (χ0) is 29.0. The number of benzene rings is 3. The Bertz CT molecular complexity index is 1330. The van der Waals surface area contributed by atoms with Crippen molar-refractivity contribution in [2.45, 2.75) is 70.8 Å². The first-order valence-corrected chi connectivity index (χ1v) is 14.2. The molecule has 0 fully saturated rings. The SMILES string of the molecule is CC#C[C@@H](CC(=O)OC(=O)[C@@H](N)CCCCN)c1ccc(OCc2ccc(CN3Cc4ccccc4C3)cc2)cc1. The highest BCUT2D eigenvalue weighted by Gasteiger charge is 2.22. The molecule has 0 aliphatic carbocycles. The monoisotopic (exact) mass is 553 g/mol. The summed E-state index contributed by atoms with van der Waals surface area (Å²) >= 11 is 0. The molecule has 1 aliphatic heterocycles. The maximum absolute atomic E-state index is 12.4. The Balaban J connectivity index is 1.24. The number of nitrogens with zero attached hydrogens (tertiary/aromatic N) is 1. The molecular formula is C34H39N3O4. The normalized spacial score (nSPS) is 13.9. The van der Waals surface area contributed by atoms with E-state index in [4.69, 9.17) is 20.9 Å². The van der Waals surface area contributed by atoms with E-state index in [9.17, 15) is 9.59 Å². The number of fused-ring (bicyclic) bond motifs is 1. The van der Waals surface area contributed by atoms with Crippen molar-refractivity contribution in [3.63, 3.8) is 0 Å². The van der Waals surface area contributed by atoms with Crippen LogP contribution in [0.15, 0.2) is 72.8 Å². The maximum atomic E-state index is 12.4. The van der Waals surface area contributed by atoms with E-state index in [0.29, 0.717) is 26.0 Å². The highest BCUT2D eigenvalue weighted by atomic mass is 16.6. The molecular weight excluding hydrogens is 514 g/mol. The van der Waals surface area contributed by atoms with Crippen molar-refractivity contribution < 1.29 is 19.1 Å². The van der Waals surface area contributed by atoms with Gasteiger partial charge in [0.2, 0.25) is 0 Å². The molecule has 0 saturated carbocycles. The van der Waals surface area contributed by atoms with Gasteiger partial charge in [0.25, 0.3) is 0 Å². The first-order chi connectivity index (χ1) is 19.9. The predicted molar refractivity (Wildman–Crippen MR) is 159 cm³/mol. The largest absolute Gasteiger partial charge is 0.489 e. The van der Waals surface area contributed by atoms with Gasteiger partial charge in [0.05, 0.1) is 12.3 Å². The number of carbonyl (C=O) groups excluding carboxylic acids is 2. The smallest absolute Gasteiger partial charge is 0.330 e. The minimum atomic E-state index is -0.836. The molecule has 7 nitrogen and oxygen atoms in total.